The molecule has 0 spiro atoms. The van der Waals surface area contributed by atoms with E-state index in [1.165, 1.54) is 0 Å². The van der Waals surface area contributed by atoms with Crippen LogP contribution in [0.4, 0.5) is 0 Å². The summed E-state index contributed by atoms with van der Waals surface area (Å²) in [5.41, 5.74) is 0. The first kappa shape index (κ1) is 4.74. The fourth-order valence-electron chi connectivity index (χ4n) is 1.63. The van der Waals surface area contributed by atoms with Gasteiger partial charge in [0.05, 0.1) is 4.99 Å². The first-order chi connectivity index (χ1) is 3.80. The maximum atomic E-state index is 5.05. The molecule has 0 amide bonds. The molecular weight excluding hydrogens is 118 g/mol. The summed E-state index contributed by atoms with van der Waals surface area (Å²) < 4.78 is 0. The number of hydrogen-bond donors (Lipinski definition) is 1. The van der Waals surface area contributed by atoms with Gasteiger partial charge in [0.25, 0.3) is 0 Å². The van der Waals surface area contributed by atoms with E-state index < -0.39 is 0 Å². The summed E-state index contributed by atoms with van der Waals surface area (Å²) in [6.45, 7) is 3.42. The molecule has 44 valence electrons. The standard InChI is InChI=1S/C6H9NS/c1-3-4-2-7-6(8)5(3)4/h3-5H,2H2,1H3,(H,7,8). The van der Waals surface area contributed by atoms with Crippen molar-refractivity contribution in [1.82, 2.24) is 5.32 Å². The highest BCUT2D eigenvalue weighted by Crippen LogP contribution is 2.49. The summed E-state index contributed by atoms with van der Waals surface area (Å²) in [4.78, 5) is 1.11. The highest BCUT2D eigenvalue weighted by molar-refractivity contribution is 7.80. The topological polar surface area (TPSA) is 12.0 Å². The molecule has 1 heterocycles. The monoisotopic (exact) mass is 127 g/mol. The molecule has 3 unspecified atom stereocenters. The van der Waals surface area contributed by atoms with Gasteiger partial charge < -0.3 is 5.32 Å². The van der Waals surface area contributed by atoms with Crippen LogP contribution in [-0.4, -0.2) is 11.5 Å². The second-order valence-corrected chi connectivity index (χ2v) is 3.23. The third-order valence-electron chi connectivity index (χ3n) is 2.38. The van der Waals surface area contributed by atoms with Crippen molar-refractivity contribution in [3.8, 4) is 0 Å². The molecular formula is C6H9NS. The predicted molar refractivity (Wildman–Crippen MR) is 36.7 cm³/mol. The van der Waals surface area contributed by atoms with Crippen LogP contribution < -0.4 is 5.32 Å². The minimum absolute atomic E-state index is 0.769. The molecule has 1 aliphatic carbocycles. The molecule has 2 aliphatic rings. The van der Waals surface area contributed by atoms with Crippen LogP contribution in [0.1, 0.15) is 6.92 Å². The molecule has 2 heteroatoms. The molecule has 0 radical (unpaired) electrons. The summed E-state index contributed by atoms with van der Waals surface area (Å²) in [5, 5.41) is 3.18. The molecule has 2 fully saturated rings. The van der Waals surface area contributed by atoms with E-state index in [0.717, 1.165) is 29.3 Å². The molecule has 3 atom stereocenters. The minimum Gasteiger partial charge on any atom is -0.379 e. The maximum Gasteiger partial charge on any atom is 0.0791 e. The van der Waals surface area contributed by atoms with Crippen LogP contribution in [-0.2, 0) is 0 Å². The second kappa shape index (κ2) is 1.24. The normalized spacial score (nSPS) is 50.6. The third kappa shape index (κ3) is 0.395. The van der Waals surface area contributed by atoms with Gasteiger partial charge in [-0.05, 0) is 11.8 Å². The zero-order chi connectivity index (χ0) is 5.72. The van der Waals surface area contributed by atoms with Crippen LogP contribution in [0.2, 0.25) is 0 Å². The quantitative estimate of drug-likeness (QED) is 0.483. The molecule has 2 rings (SSSR count). The van der Waals surface area contributed by atoms with Crippen molar-refractivity contribution in [2.45, 2.75) is 6.92 Å². The Bertz CT molecular complexity index is 143. The van der Waals surface area contributed by atoms with Gasteiger partial charge >= 0.3 is 0 Å². The average Bonchev–Trinajstić information content (AvgIpc) is 2.13. The number of fused-ring (bicyclic) bond motifs is 1. The van der Waals surface area contributed by atoms with Crippen molar-refractivity contribution in [2.75, 3.05) is 6.54 Å². The van der Waals surface area contributed by atoms with E-state index in [0.29, 0.717) is 0 Å². The Morgan fingerprint density at radius 1 is 1.75 bits per heavy atom. The highest BCUT2D eigenvalue weighted by Gasteiger charge is 2.53. The van der Waals surface area contributed by atoms with Gasteiger partial charge in [-0.3, -0.25) is 0 Å². The van der Waals surface area contributed by atoms with Crippen molar-refractivity contribution < 1.29 is 0 Å². The molecule has 0 aromatic rings. The zero-order valence-electron chi connectivity index (χ0n) is 4.85. The largest absolute Gasteiger partial charge is 0.379 e. The third-order valence-corrected chi connectivity index (χ3v) is 2.79. The molecule has 1 aliphatic heterocycles. The molecule has 0 aromatic heterocycles. The molecule has 0 aromatic carbocycles. The van der Waals surface area contributed by atoms with Gasteiger partial charge in [-0.2, -0.15) is 0 Å². The number of hydrogen-bond acceptors (Lipinski definition) is 1. The van der Waals surface area contributed by atoms with Crippen LogP contribution in [0.25, 0.3) is 0 Å². The highest BCUT2D eigenvalue weighted by atomic mass is 32.1. The van der Waals surface area contributed by atoms with E-state index in [1.807, 2.05) is 0 Å². The average molecular weight is 127 g/mol. The van der Waals surface area contributed by atoms with Crippen LogP contribution in [0, 0.1) is 17.8 Å². The van der Waals surface area contributed by atoms with Crippen molar-refractivity contribution in [2.24, 2.45) is 17.8 Å². The number of rotatable bonds is 0. The number of piperidine rings is 1. The fraction of sp³-hybridized carbons (Fsp3) is 0.833. The van der Waals surface area contributed by atoms with Crippen molar-refractivity contribution >= 4 is 17.2 Å². The van der Waals surface area contributed by atoms with Crippen LogP contribution in [0.3, 0.4) is 0 Å². The van der Waals surface area contributed by atoms with E-state index in [4.69, 9.17) is 12.2 Å². The Hall–Kier alpha value is -0.110. The van der Waals surface area contributed by atoms with Gasteiger partial charge in [-0.25, -0.2) is 0 Å². The van der Waals surface area contributed by atoms with Gasteiger partial charge in [-0.15, -0.1) is 0 Å². The van der Waals surface area contributed by atoms with Gasteiger partial charge in [0, 0.05) is 12.5 Å². The van der Waals surface area contributed by atoms with Crippen molar-refractivity contribution in [3.05, 3.63) is 0 Å². The van der Waals surface area contributed by atoms with Gasteiger partial charge in [-0.1, -0.05) is 19.1 Å². The molecule has 8 heavy (non-hydrogen) atoms. The Balaban J connectivity index is 2.18. The summed E-state index contributed by atoms with van der Waals surface area (Å²) in [5.74, 6) is 2.57. The lowest BCUT2D eigenvalue weighted by molar-refractivity contribution is 0.726. The Morgan fingerprint density at radius 3 is 2.75 bits per heavy atom. The van der Waals surface area contributed by atoms with Crippen LogP contribution in [0.5, 0.6) is 0 Å². The number of thiocarbonyl (C=S) groups is 1. The lowest BCUT2D eigenvalue weighted by Gasteiger charge is -1.98. The molecule has 1 saturated heterocycles. The first-order valence-electron chi connectivity index (χ1n) is 3.08. The predicted octanol–water partition coefficient (Wildman–Crippen LogP) is 0.799. The second-order valence-electron chi connectivity index (χ2n) is 2.79. The smallest absolute Gasteiger partial charge is 0.0791 e. The lowest BCUT2D eigenvalue weighted by Crippen LogP contribution is -2.19. The summed E-state index contributed by atoms with van der Waals surface area (Å²) in [7, 11) is 0. The summed E-state index contributed by atoms with van der Waals surface area (Å²) >= 11 is 5.05. The maximum absolute atomic E-state index is 5.05. The Kier molecular flexibility index (Phi) is 0.734. The van der Waals surface area contributed by atoms with Crippen molar-refractivity contribution in [3.63, 3.8) is 0 Å². The molecule has 1 saturated carbocycles. The molecule has 1 nitrogen and oxygen atoms in total. The first-order valence-corrected chi connectivity index (χ1v) is 3.49. The van der Waals surface area contributed by atoms with E-state index in [-0.39, 0.29) is 0 Å². The molecule has 1 N–H and O–H groups in total. The van der Waals surface area contributed by atoms with E-state index in [2.05, 4.69) is 12.2 Å². The van der Waals surface area contributed by atoms with Crippen molar-refractivity contribution in [1.29, 1.82) is 0 Å². The van der Waals surface area contributed by atoms with Gasteiger partial charge in [0.15, 0.2) is 0 Å². The summed E-state index contributed by atoms with van der Waals surface area (Å²) in [6.07, 6.45) is 0. The lowest BCUT2D eigenvalue weighted by atomic mass is 10.3. The fourth-order valence-corrected chi connectivity index (χ4v) is 2.10. The Morgan fingerprint density at radius 2 is 2.50 bits per heavy atom. The zero-order valence-corrected chi connectivity index (χ0v) is 5.66. The van der Waals surface area contributed by atoms with E-state index in [9.17, 15) is 0 Å². The van der Waals surface area contributed by atoms with Crippen LogP contribution in [0.15, 0.2) is 0 Å². The van der Waals surface area contributed by atoms with E-state index >= 15 is 0 Å². The minimum atomic E-state index is 0.769. The van der Waals surface area contributed by atoms with Gasteiger partial charge in [0.1, 0.15) is 0 Å². The Labute approximate surface area is 54.5 Å². The van der Waals surface area contributed by atoms with Gasteiger partial charge in [0.2, 0.25) is 0 Å². The van der Waals surface area contributed by atoms with Crippen LogP contribution >= 0.6 is 12.2 Å². The summed E-state index contributed by atoms with van der Waals surface area (Å²) in [6, 6.07) is 0. The SMILES string of the molecule is CC1C2CNC(=S)C12. The van der Waals surface area contributed by atoms with E-state index in [1.54, 1.807) is 0 Å². The number of nitrogens with one attached hydrogen (secondary N) is 1. The molecule has 0 bridgehead atoms.